The molecule has 0 aliphatic carbocycles. The molecule has 0 saturated heterocycles. The second kappa shape index (κ2) is 8.13. The molecule has 1 N–H and O–H groups in total. The van der Waals surface area contributed by atoms with Crippen molar-refractivity contribution in [3.05, 3.63) is 82.7 Å². The molecule has 0 bridgehead atoms. The first-order valence-corrected chi connectivity index (χ1v) is 9.23. The summed E-state index contributed by atoms with van der Waals surface area (Å²) in [6.45, 7) is 6.21. The lowest BCUT2D eigenvalue weighted by Crippen LogP contribution is -2.18. The third-order valence-corrected chi connectivity index (χ3v) is 4.72. The summed E-state index contributed by atoms with van der Waals surface area (Å²) in [5, 5.41) is 4.17. The van der Waals surface area contributed by atoms with E-state index >= 15 is 0 Å². The van der Waals surface area contributed by atoms with E-state index in [0.717, 1.165) is 28.3 Å². The molecule has 0 spiro atoms. The minimum atomic E-state index is -0.229. The highest BCUT2D eigenvalue weighted by atomic mass is 16.2. The van der Waals surface area contributed by atoms with Crippen LogP contribution in [0.15, 0.2) is 59.7 Å². The number of hydrogen-bond acceptors (Lipinski definition) is 3. The molecule has 0 aliphatic rings. The lowest BCUT2D eigenvalue weighted by Gasteiger charge is -2.12. The molecule has 1 heterocycles. The molecule has 0 aliphatic heterocycles. The monoisotopic (exact) mass is 374 g/mol. The largest absolute Gasteiger partial charge is 0.378 e. The number of rotatable bonds is 5. The Morgan fingerprint density at radius 2 is 1.79 bits per heavy atom. The van der Waals surface area contributed by atoms with Gasteiger partial charge in [0.1, 0.15) is 0 Å². The molecule has 3 rings (SSSR count). The maximum absolute atomic E-state index is 12.4. The molecule has 3 aromatic rings. The SMILES string of the molecule is Cc1cccc(-n2c(C)cc(/C=N\NC(=O)c3cccc(N(C)C)c3)c2C)c1. The standard InChI is InChI=1S/C23H26N4O/c1-16-8-6-11-22(12-16)27-17(2)13-20(18(27)3)15-24-25-23(28)19-9-7-10-21(14-19)26(4)5/h6-15H,1-5H3,(H,25,28)/b24-15-. The van der Waals surface area contributed by atoms with Crippen LogP contribution in [0.2, 0.25) is 0 Å². The van der Waals surface area contributed by atoms with Gasteiger partial charge in [0.05, 0.1) is 6.21 Å². The van der Waals surface area contributed by atoms with Gasteiger partial charge in [-0.3, -0.25) is 4.79 Å². The Labute approximate surface area is 166 Å². The highest BCUT2D eigenvalue weighted by molar-refractivity contribution is 5.95. The fraction of sp³-hybridized carbons (Fsp3) is 0.217. The van der Waals surface area contributed by atoms with Gasteiger partial charge < -0.3 is 9.47 Å². The topological polar surface area (TPSA) is 49.6 Å². The smallest absolute Gasteiger partial charge is 0.271 e. The van der Waals surface area contributed by atoms with Crippen LogP contribution in [0, 0.1) is 20.8 Å². The molecule has 5 nitrogen and oxygen atoms in total. The van der Waals surface area contributed by atoms with E-state index in [-0.39, 0.29) is 5.91 Å². The number of nitrogens with zero attached hydrogens (tertiary/aromatic N) is 3. The Kier molecular flexibility index (Phi) is 5.64. The van der Waals surface area contributed by atoms with Crippen LogP contribution in [0.5, 0.6) is 0 Å². The fourth-order valence-electron chi connectivity index (χ4n) is 3.23. The van der Waals surface area contributed by atoms with Crippen molar-refractivity contribution in [2.45, 2.75) is 20.8 Å². The molecule has 144 valence electrons. The first-order chi connectivity index (χ1) is 13.4. The van der Waals surface area contributed by atoms with Crippen LogP contribution in [-0.2, 0) is 0 Å². The van der Waals surface area contributed by atoms with E-state index in [1.165, 1.54) is 5.56 Å². The van der Waals surface area contributed by atoms with E-state index in [0.29, 0.717) is 5.56 Å². The van der Waals surface area contributed by atoms with Crippen molar-refractivity contribution in [2.24, 2.45) is 5.10 Å². The predicted octanol–water partition coefficient (Wildman–Crippen LogP) is 4.23. The normalized spacial score (nSPS) is 11.0. The van der Waals surface area contributed by atoms with Crippen molar-refractivity contribution in [1.29, 1.82) is 0 Å². The summed E-state index contributed by atoms with van der Waals surface area (Å²) in [6.07, 6.45) is 1.70. The highest BCUT2D eigenvalue weighted by Gasteiger charge is 2.10. The molecule has 0 fully saturated rings. The number of anilines is 1. The van der Waals surface area contributed by atoms with Crippen LogP contribution in [0.25, 0.3) is 5.69 Å². The Bertz CT molecular complexity index is 1030. The summed E-state index contributed by atoms with van der Waals surface area (Å²) < 4.78 is 2.19. The molecule has 1 aromatic heterocycles. The first-order valence-electron chi connectivity index (χ1n) is 9.23. The van der Waals surface area contributed by atoms with Crippen LogP contribution >= 0.6 is 0 Å². The summed E-state index contributed by atoms with van der Waals surface area (Å²) in [7, 11) is 3.89. The van der Waals surface area contributed by atoms with Gasteiger partial charge >= 0.3 is 0 Å². The van der Waals surface area contributed by atoms with Crippen LogP contribution in [0.4, 0.5) is 5.69 Å². The van der Waals surface area contributed by atoms with E-state index < -0.39 is 0 Å². The zero-order valence-corrected chi connectivity index (χ0v) is 17.0. The van der Waals surface area contributed by atoms with Crippen LogP contribution in [0.3, 0.4) is 0 Å². The van der Waals surface area contributed by atoms with Crippen molar-refractivity contribution in [3.63, 3.8) is 0 Å². The zero-order valence-electron chi connectivity index (χ0n) is 17.0. The van der Waals surface area contributed by atoms with E-state index in [4.69, 9.17) is 0 Å². The second-order valence-electron chi connectivity index (χ2n) is 7.14. The summed E-state index contributed by atoms with van der Waals surface area (Å²) in [4.78, 5) is 14.3. The maximum atomic E-state index is 12.4. The van der Waals surface area contributed by atoms with E-state index in [2.05, 4.69) is 66.2 Å². The van der Waals surface area contributed by atoms with Gasteiger partial charge in [-0.1, -0.05) is 18.2 Å². The van der Waals surface area contributed by atoms with Gasteiger partial charge in [0.15, 0.2) is 0 Å². The number of benzene rings is 2. The molecule has 2 aromatic carbocycles. The number of aryl methyl sites for hydroxylation is 2. The summed E-state index contributed by atoms with van der Waals surface area (Å²) in [5.74, 6) is -0.229. The minimum absolute atomic E-state index is 0.229. The Morgan fingerprint density at radius 1 is 1.04 bits per heavy atom. The third kappa shape index (κ3) is 4.14. The highest BCUT2D eigenvalue weighted by Crippen LogP contribution is 2.20. The zero-order chi connectivity index (χ0) is 20.3. The number of hydrazone groups is 1. The quantitative estimate of drug-likeness (QED) is 0.537. The third-order valence-electron chi connectivity index (χ3n) is 4.72. The van der Waals surface area contributed by atoms with Gasteiger partial charge in [-0.2, -0.15) is 5.10 Å². The van der Waals surface area contributed by atoms with Crippen LogP contribution < -0.4 is 10.3 Å². The Hall–Kier alpha value is -3.34. The fourth-order valence-corrected chi connectivity index (χ4v) is 3.23. The lowest BCUT2D eigenvalue weighted by atomic mass is 10.2. The molecule has 1 amide bonds. The van der Waals surface area contributed by atoms with Gasteiger partial charge in [-0.25, -0.2) is 5.43 Å². The van der Waals surface area contributed by atoms with Gasteiger partial charge in [0, 0.05) is 48.0 Å². The Balaban J connectivity index is 1.77. The molecule has 28 heavy (non-hydrogen) atoms. The number of nitrogens with one attached hydrogen (secondary N) is 1. The number of aromatic nitrogens is 1. The number of carbonyl (C=O) groups is 1. The summed E-state index contributed by atoms with van der Waals surface area (Å²) in [5.41, 5.74) is 9.68. The van der Waals surface area contributed by atoms with Gasteiger partial charge in [0.25, 0.3) is 5.91 Å². The van der Waals surface area contributed by atoms with Crippen molar-refractivity contribution < 1.29 is 4.79 Å². The number of hydrogen-bond donors (Lipinski definition) is 1. The Morgan fingerprint density at radius 3 is 2.50 bits per heavy atom. The number of carbonyl (C=O) groups excluding carboxylic acids is 1. The predicted molar refractivity (Wildman–Crippen MR) is 116 cm³/mol. The molecule has 0 radical (unpaired) electrons. The molecule has 0 saturated carbocycles. The average Bonchev–Trinajstić information content (AvgIpc) is 2.95. The van der Waals surface area contributed by atoms with E-state index in [9.17, 15) is 4.79 Å². The van der Waals surface area contributed by atoms with E-state index in [1.807, 2.05) is 37.2 Å². The van der Waals surface area contributed by atoms with Gasteiger partial charge in [-0.05, 0) is 62.7 Å². The average molecular weight is 374 g/mol. The van der Waals surface area contributed by atoms with Crippen molar-refractivity contribution in [1.82, 2.24) is 9.99 Å². The first kappa shape index (κ1) is 19.4. The lowest BCUT2D eigenvalue weighted by molar-refractivity contribution is 0.0955. The molecular weight excluding hydrogens is 348 g/mol. The minimum Gasteiger partial charge on any atom is -0.378 e. The summed E-state index contributed by atoms with van der Waals surface area (Å²) >= 11 is 0. The van der Waals surface area contributed by atoms with Crippen molar-refractivity contribution in [2.75, 3.05) is 19.0 Å². The van der Waals surface area contributed by atoms with Crippen molar-refractivity contribution >= 4 is 17.8 Å². The van der Waals surface area contributed by atoms with Crippen LogP contribution in [0.1, 0.15) is 32.9 Å². The van der Waals surface area contributed by atoms with Gasteiger partial charge in [-0.15, -0.1) is 0 Å². The molecule has 5 heteroatoms. The van der Waals surface area contributed by atoms with Gasteiger partial charge in [0.2, 0.25) is 0 Å². The van der Waals surface area contributed by atoms with E-state index in [1.54, 1.807) is 12.3 Å². The molecule has 0 unspecified atom stereocenters. The maximum Gasteiger partial charge on any atom is 0.271 e. The second-order valence-corrected chi connectivity index (χ2v) is 7.14. The summed E-state index contributed by atoms with van der Waals surface area (Å²) in [6, 6.07) is 17.9. The van der Waals surface area contributed by atoms with Crippen molar-refractivity contribution in [3.8, 4) is 5.69 Å². The molecule has 0 atom stereocenters. The van der Waals surface area contributed by atoms with Crippen LogP contribution in [-0.4, -0.2) is 30.8 Å². The number of amides is 1. The molecular formula is C23H26N4O.